The van der Waals surface area contributed by atoms with Crippen molar-refractivity contribution in [1.29, 1.82) is 0 Å². The number of phenols is 1. The molecule has 1 atom stereocenters. The molecule has 4 heteroatoms. The summed E-state index contributed by atoms with van der Waals surface area (Å²) in [6.45, 7) is 0.929. The first-order valence-electron chi connectivity index (χ1n) is 7.05. The highest BCUT2D eigenvalue weighted by molar-refractivity contribution is 6.31. The van der Waals surface area contributed by atoms with Gasteiger partial charge < -0.3 is 15.4 Å². The smallest absolute Gasteiger partial charge is 0.115 e. The summed E-state index contributed by atoms with van der Waals surface area (Å²) in [6, 6.07) is 13.5. The van der Waals surface area contributed by atoms with E-state index in [-0.39, 0.29) is 13.5 Å². The quantitative estimate of drug-likeness (QED) is 0.623. The molecule has 22 heavy (non-hydrogen) atoms. The number of aromatic hydroxyl groups is 1. The Bertz CT molecular complexity index is 808. The predicted octanol–water partition coefficient (Wildman–Crippen LogP) is 4.40. The maximum Gasteiger partial charge on any atom is 0.115 e. The topological polar surface area (TPSA) is 48.0 Å². The van der Waals surface area contributed by atoms with Gasteiger partial charge in [-0.15, -0.1) is 0 Å². The second kappa shape index (κ2) is 5.67. The molecule has 0 aliphatic carbocycles. The third-order valence-electron chi connectivity index (χ3n) is 4.14. The first-order valence-corrected chi connectivity index (χ1v) is 7.42. The number of fused-ring (bicyclic) bond motifs is 3. The highest BCUT2D eigenvalue weighted by Crippen LogP contribution is 2.34. The maximum atomic E-state index is 9.45. The number of phenolic OH excluding ortho intramolecular Hbond substituents is 1. The molecule has 0 saturated heterocycles. The van der Waals surface area contributed by atoms with Gasteiger partial charge in [-0.1, -0.05) is 31.2 Å². The first-order chi connectivity index (χ1) is 10.2. The van der Waals surface area contributed by atoms with Gasteiger partial charge in [0.2, 0.25) is 0 Å². The summed E-state index contributed by atoms with van der Waals surface area (Å²) >= 11 is 6.13. The third-order valence-corrected chi connectivity index (χ3v) is 4.37. The van der Waals surface area contributed by atoms with Crippen molar-refractivity contribution in [3.8, 4) is 5.75 Å². The normalized spacial score (nSPS) is 17.0. The number of nitrogens with one attached hydrogen (secondary N) is 2. The number of H-pyrrole nitrogens is 1. The zero-order valence-electron chi connectivity index (χ0n) is 11.4. The SMILES string of the molecule is C.Oc1ccc(C2NCCc3c2[nH]c2ccc(Cl)cc32)cc1. The van der Waals surface area contributed by atoms with Crippen LogP contribution in [0.25, 0.3) is 10.9 Å². The fourth-order valence-electron chi connectivity index (χ4n) is 3.15. The van der Waals surface area contributed by atoms with Crippen LogP contribution in [0.5, 0.6) is 5.75 Å². The molecule has 0 saturated carbocycles. The molecular formula is C18H19ClN2O. The molecule has 3 aromatic rings. The van der Waals surface area contributed by atoms with Gasteiger partial charge in [0.1, 0.15) is 5.75 Å². The summed E-state index contributed by atoms with van der Waals surface area (Å²) in [4.78, 5) is 3.52. The third kappa shape index (κ3) is 2.36. The molecule has 2 heterocycles. The molecule has 1 unspecified atom stereocenters. The van der Waals surface area contributed by atoms with Gasteiger partial charge in [-0.2, -0.15) is 0 Å². The van der Waals surface area contributed by atoms with Gasteiger partial charge in [0.05, 0.1) is 6.04 Å². The van der Waals surface area contributed by atoms with Crippen LogP contribution in [-0.4, -0.2) is 16.6 Å². The van der Waals surface area contributed by atoms with Crippen LogP contribution in [0.3, 0.4) is 0 Å². The minimum Gasteiger partial charge on any atom is -0.508 e. The minimum absolute atomic E-state index is 0. The van der Waals surface area contributed by atoms with E-state index in [1.807, 2.05) is 30.3 Å². The number of hydrogen-bond donors (Lipinski definition) is 3. The monoisotopic (exact) mass is 314 g/mol. The number of rotatable bonds is 1. The van der Waals surface area contributed by atoms with Gasteiger partial charge in [0.25, 0.3) is 0 Å². The van der Waals surface area contributed by atoms with E-state index < -0.39 is 0 Å². The molecule has 3 nitrogen and oxygen atoms in total. The molecule has 0 spiro atoms. The van der Waals surface area contributed by atoms with Crippen molar-refractivity contribution in [3.05, 3.63) is 64.3 Å². The molecule has 0 radical (unpaired) electrons. The van der Waals surface area contributed by atoms with Crippen molar-refractivity contribution in [3.63, 3.8) is 0 Å². The largest absolute Gasteiger partial charge is 0.508 e. The van der Waals surface area contributed by atoms with Gasteiger partial charge in [-0.3, -0.25) is 0 Å². The van der Waals surface area contributed by atoms with Gasteiger partial charge in [-0.05, 0) is 47.9 Å². The second-order valence-corrected chi connectivity index (χ2v) is 5.87. The molecule has 1 aromatic heterocycles. The predicted molar refractivity (Wildman–Crippen MR) is 91.7 cm³/mol. The van der Waals surface area contributed by atoms with E-state index in [0.717, 1.165) is 29.1 Å². The summed E-state index contributed by atoms with van der Waals surface area (Å²) in [5, 5.41) is 15.0. The van der Waals surface area contributed by atoms with Crippen LogP contribution < -0.4 is 5.32 Å². The molecule has 0 bridgehead atoms. The Balaban J connectivity index is 0.00000144. The van der Waals surface area contributed by atoms with E-state index in [1.165, 1.54) is 16.6 Å². The lowest BCUT2D eigenvalue weighted by Gasteiger charge is -2.24. The van der Waals surface area contributed by atoms with Crippen molar-refractivity contribution in [1.82, 2.24) is 10.3 Å². The molecule has 1 aliphatic heterocycles. The number of hydrogen-bond acceptors (Lipinski definition) is 2. The molecule has 0 amide bonds. The average molecular weight is 315 g/mol. The van der Waals surface area contributed by atoms with Crippen LogP contribution in [0.2, 0.25) is 5.02 Å². The van der Waals surface area contributed by atoms with E-state index in [4.69, 9.17) is 11.6 Å². The minimum atomic E-state index is 0. The number of aromatic nitrogens is 1. The summed E-state index contributed by atoms with van der Waals surface area (Å²) < 4.78 is 0. The summed E-state index contributed by atoms with van der Waals surface area (Å²) in [5.41, 5.74) is 4.80. The van der Waals surface area contributed by atoms with E-state index in [1.54, 1.807) is 12.1 Å². The fraction of sp³-hybridized carbons (Fsp3) is 0.222. The Kier molecular flexibility index (Phi) is 3.85. The van der Waals surface area contributed by atoms with E-state index >= 15 is 0 Å². The lowest BCUT2D eigenvalue weighted by Crippen LogP contribution is -2.30. The van der Waals surface area contributed by atoms with Gasteiger partial charge in [0, 0.05) is 28.2 Å². The average Bonchev–Trinajstić information content (AvgIpc) is 2.86. The highest BCUT2D eigenvalue weighted by Gasteiger charge is 2.25. The lowest BCUT2D eigenvalue weighted by molar-refractivity contribution is 0.474. The Morgan fingerprint density at radius 1 is 1.09 bits per heavy atom. The Labute approximate surface area is 134 Å². The zero-order valence-corrected chi connectivity index (χ0v) is 12.1. The first kappa shape index (κ1) is 14.9. The summed E-state index contributed by atoms with van der Waals surface area (Å²) in [7, 11) is 0. The highest BCUT2D eigenvalue weighted by atomic mass is 35.5. The molecule has 3 N–H and O–H groups in total. The van der Waals surface area contributed by atoms with Crippen molar-refractivity contribution < 1.29 is 5.11 Å². The summed E-state index contributed by atoms with van der Waals surface area (Å²) in [5.74, 6) is 0.290. The van der Waals surface area contributed by atoms with Gasteiger partial charge >= 0.3 is 0 Å². The Morgan fingerprint density at radius 3 is 2.64 bits per heavy atom. The Morgan fingerprint density at radius 2 is 1.86 bits per heavy atom. The molecule has 4 rings (SSSR count). The van der Waals surface area contributed by atoms with E-state index in [9.17, 15) is 5.11 Å². The molecule has 2 aromatic carbocycles. The Hall–Kier alpha value is -1.97. The van der Waals surface area contributed by atoms with Gasteiger partial charge in [-0.25, -0.2) is 0 Å². The maximum absolute atomic E-state index is 9.45. The fourth-order valence-corrected chi connectivity index (χ4v) is 3.32. The lowest BCUT2D eigenvalue weighted by atomic mass is 9.94. The van der Waals surface area contributed by atoms with Crippen LogP contribution in [0, 0.1) is 0 Å². The van der Waals surface area contributed by atoms with Crippen LogP contribution in [0.4, 0.5) is 0 Å². The van der Waals surface area contributed by atoms with E-state index in [2.05, 4.69) is 10.3 Å². The van der Waals surface area contributed by atoms with E-state index in [0.29, 0.717) is 5.75 Å². The number of aromatic amines is 1. The van der Waals surface area contributed by atoms with Crippen molar-refractivity contribution in [2.45, 2.75) is 19.9 Å². The second-order valence-electron chi connectivity index (χ2n) is 5.44. The van der Waals surface area contributed by atoms with Crippen LogP contribution in [0.1, 0.15) is 30.3 Å². The standard InChI is InChI=1S/C17H15ClN2O.CH4/c18-11-3-6-15-14(9-11)13-7-8-19-16(17(13)20-15)10-1-4-12(21)5-2-10;/h1-6,9,16,19-21H,7-8H2;1H4. The molecular weight excluding hydrogens is 296 g/mol. The number of halogens is 1. The number of benzene rings is 2. The van der Waals surface area contributed by atoms with Crippen molar-refractivity contribution >= 4 is 22.5 Å². The van der Waals surface area contributed by atoms with Crippen LogP contribution >= 0.6 is 11.6 Å². The zero-order chi connectivity index (χ0) is 14.4. The molecule has 114 valence electrons. The van der Waals surface area contributed by atoms with Crippen LogP contribution in [0.15, 0.2) is 42.5 Å². The van der Waals surface area contributed by atoms with Crippen molar-refractivity contribution in [2.24, 2.45) is 0 Å². The summed E-state index contributed by atoms with van der Waals surface area (Å²) in [6.07, 6.45) is 0.990. The van der Waals surface area contributed by atoms with Gasteiger partial charge in [0.15, 0.2) is 0 Å². The molecule has 1 aliphatic rings. The van der Waals surface area contributed by atoms with Crippen molar-refractivity contribution in [2.75, 3.05) is 6.54 Å². The van der Waals surface area contributed by atoms with Crippen LogP contribution in [-0.2, 0) is 6.42 Å². The molecule has 0 fully saturated rings.